The van der Waals surface area contributed by atoms with Crippen molar-refractivity contribution in [3.63, 3.8) is 0 Å². The fourth-order valence-corrected chi connectivity index (χ4v) is 3.15. The van der Waals surface area contributed by atoms with Crippen LogP contribution >= 0.6 is 0 Å². The van der Waals surface area contributed by atoms with E-state index >= 15 is 0 Å². The molecule has 1 amide bonds. The third-order valence-corrected chi connectivity index (χ3v) is 4.66. The highest BCUT2D eigenvalue weighted by molar-refractivity contribution is 5.95. The molecule has 26 heavy (non-hydrogen) atoms. The maximum Gasteiger partial charge on any atom is 0.332 e. The molecule has 0 fully saturated rings. The summed E-state index contributed by atoms with van der Waals surface area (Å²) in [6.07, 6.45) is -0.0337. The Bertz CT molecular complexity index is 1140. The van der Waals surface area contributed by atoms with E-state index in [9.17, 15) is 18.8 Å². The zero-order valence-electron chi connectivity index (χ0n) is 15.0. The highest BCUT2D eigenvalue weighted by atomic mass is 19.1. The van der Waals surface area contributed by atoms with Gasteiger partial charge >= 0.3 is 5.69 Å². The first-order valence-corrected chi connectivity index (χ1v) is 8.01. The number of rotatable bonds is 3. The van der Waals surface area contributed by atoms with E-state index < -0.39 is 17.1 Å². The number of nitrogens with one attached hydrogen (secondary N) is 1. The number of benzene rings is 1. The van der Waals surface area contributed by atoms with Gasteiger partial charge in [-0.15, -0.1) is 0 Å². The molecule has 0 spiro atoms. The monoisotopic (exact) mass is 358 g/mol. The standard InChI is InChI=1S/C18H19FN4O3/c1-10-13(9-14(24)20-12-7-5-11(19)6-8-12)15-16(21(10)2)22(3)18(26)23(4)17(15)25/h5-8H,9H2,1-4H3,(H,20,24). The van der Waals surface area contributed by atoms with Crippen LogP contribution < -0.4 is 16.6 Å². The third kappa shape index (κ3) is 2.73. The lowest BCUT2D eigenvalue weighted by Gasteiger charge is -2.07. The number of fused-ring (bicyclic) bond motifs is 1. The van der Waals surface area contributed by atoms with Crippen LogP contribution in [0.15, 0.2) is 33.9 Å². The van der Waals surface area contributed by atoms with Crippen LogP contribution in [-0.4, -0.2) is 19.6 Å². The third-order valence-electron chi connectivity index (χ3n) is 4.66. The average Bonchev–Trinajstić information content (AvgIpc) is 2.85. The average molecular weight is 358 g/mol. The number of nitrogens with zero attached hydrogens (tertiary/aromatic N) is 3. The molecular formula is C18H19FN4O3. The van der Waals surface area contributed by atoms with E-state index in [1.165, 1.54) is 35.9 Å². The van der Waals surface area contributed by atoms with Crippen molar-refractivity contribution in [2.45, 2.75) is 13.3 Å². The maximum absolute atomic E-state index is 13.0. The molecule has 0 saturated heterocycles. The van der Waals surface area contributed by atoms with Crippen molar-refractivity contribution in [3.8, 4) is 0 Å². The van der Waals surface area contributed by atoms with Gasteiger partial charge in [0.2, 0.25) is 5.91 Å². The highest BCUT2D eigenvalue weighted by Crippen LogP contribution is 2.22. The minimum absolute atomic E-state index is 0.0337. The Labute approximate surface area is 148 Å². The highest BCUT2D eigenvalue weighted by Gasteiger charge is 2.21. The summed E-state index contributed by atoms with van der Waals surface area (Å²) in [5.41, 5.74) is 1.38. The molecule has 0 radical (unpaired) electrons. The number of carbonyl (C=O) groups excluding carboxylic acids is 1. The van der Waals surface area contributed by atoms with Crippen molar-refractivity contribution >= 4 is 22.6 Å². The number of carbonyl (C=O) groups is 1. The van der Waals surface area contributed by atoms with Crippen LogP contribution in [-0.2, 0) is 32.4 Å². The van der Waals surface area contributed by atoms with Gasteiger partial charge in [-0.1, -0.05) is 0 Å². The Morgan fingerprint density at radius 3 is 2.27 bits per heavy atom. The molecule has 0 aliphatic carbocycles. The lowest BCUT2D eigenvalue weighted by Crippen LogP contribution is -2.37. The Morgan fingerprint density at radius 2 is 1.65 bits per heavy atom. The maximum atomic E-state index is 13.0. The molecule has 8 heteroatoms. The van der Waals surface area contributed by atoms with Crippen LogP contribution in [0.2, 0.25) is 0 Å². The van der Waals surface area contributed by atoms with Gasteiger partial charge < -0.3 is 9.88 Å². The predicted molar refractivity (Wildman–Crippen MR) is 96.9 cm³/mol. The summed E-state index contributed by atoms with van der Waals surface area (Å²) >= 11 is 0. The molecule has 2 heterocycles. The largest absolute Gasteiger partial charge is 0.334 e. The van der Waals surface area contributed by atoms with Crippen molar-refractivity contribution in [1.82, 2.24) is 13.7 Å². The number of aromatic nitrogens is 3. The van der Waals surface area contributed by atoms with Gasteiger partial charge in [0, 0.05) is 32.5 Å². The van der Waals surface area contributed by atoms with Gasteiger partial charge in [-0.25, -0.2) is 9.18 Å². The smallest absolute Gasteiger partial charge is 0.332 e. The first-order valence-electron chi connectivity index (χ1n) is 8.01. The van der Waals surface area contributed by atoms with Gasteiger partial charge in [0.05, 0.1) is 11.8 Å². The van der Waals surface area contributed by atoms with Gasteiger partial charge in [0.1, 0.15) is 11.5 Å². The summed E-state index contributed by atoms with van der Waals surface area (Å²) in [5, 5.41) is 3.04. The fraction of sp³-hybridized carbons (Fsp3) is 0.278. The summed E-state index contributed by atoms with van der Waals surface area (Å²) in [5.74, 6) is -0.722. The second-order valence-electron chi connectivity index (χ2n) is 6.26. The van der Waals surface area contributed by atoms with Crippen molar-refractivity contribution in [2.24, 2.45) is 21.1 Å². The molecule has 0 aliphatic heterocycles. The fourth-order valence-electron chi connectivity index (χ4n) is 3.15. The summed E-state index contributed by atoms with van der Waals surface area (Å²) < 4.78 is 17.1. The molecule has 0 atom stereocenters. The van der Waals surface area contributed by atoms with Crippen LogP contribution in [0.4, 0.5) is 10.1 Å². The molecule has 0 saturated carbocycles. The van der Waals surface area contributed by atoms with E-state index in [0.29, 0.717) is 22.3 Å². The summed E-state index contributed by atoms with van der Waals surface area (Å²) in [6, 6.07) is 5.44. The van der Waals surface area contributed by atoms with Crippen LogP contribution in [0.1, 0.15) is 11.3 Å². The SMILES string of the molecule is Cc1c(CC(=O)Nc2ccc(F)cc2)c2c(=O)n(C)c(=O)n(C)c2n1C. The number of amides is 1. The van der Waals surface area contributed by atoms with Crippen molar-refractivity contribution in [2.75, 3.05) is 5.32 Å². The second kappa shape index (κ2) is 6.29. The van der Waals surface area contributed by atoms with Crippen LogP contribution in [0.3, 0.4) is 0 Å². The van der Waals surface area contributed by atoms with Crippen molar-refractivity contribution < 1.29 is 9.18 Å². The normalized spacial score (nSPS) is 11.1. The number of aryl methyl sites for hydroxylation is 2. The van der Waals surface area contributed by atoms with Gasteiger partial charge in [-0.05, 0) is 36.8 Å². The Morgan fingerprint density at radius 1 is 1.04 bits per heavy atom. The molecule has 0 bridgehead atoms. The molecule has 3 rings (SSSR count). The molecule has 0 unspecified atom stereocenters. The Hall–Kier alpha value is -3.16. The molecule has 136 valence electrons. The number of anilines is 1. The van der Waals surface area contributed by atoms with Crippen LogP contribution in [0, 0.1) is 12.7 Å². The first kappa shape index (κ1) is 17.7. The molecule has 2 aromatic heterocycles. The molecular weight excluding hydrogens is 339 g/mol. The molecule has 3 aromatic rings. The topological polar surface area (TPSA) is 78.0 Å². The number of hydrogen-bond acceptors (Lipinski definition) is 3. The van der Waals surface area contributed by atoms with Gasteiger partial charge in [-0.3, -0.25) is 18.7 Å². The van der Waals surface area contributed by atoms with Crippen molar-refractivity contribution in [1.29, 1.82) is 0 Å². The van der Waals surface area contributed by atoms with Crippen LogP contribution in [0.25, 0.3) is 11.0 Å². The molecule has 1 aromatic carbocycles. The molecule has 7 nitrogen and oxygen atoms in total. The summed E-state index contributed by atoms with van der Waals surface area (Å²) in [6.45, 7) is 1.80. The Balaban J connectivity index is 2.07. The van der Waals surface area contributed by atoms with E-state index in [1.54, 1.807) is 25.6 Å². The minimum Gasteiger partial charge on any atom is -0.334 e. The first-order chi connectivity index (χ1) is 12.2. The number of hydrogen-bond donors (Lipinski definition) is 1. The molecule has 0 aliphatic rings. The summed E-state index contributed by atoms with van der Waals surface area (Å²) in [4.78, 5) is 37.2. The van der Waals surface area contributed by atoms with Crippen LogP contribution in [0.5, 0.6) is 0 Å². The van der Waals surface area contributed by atoms with Gasteiger partial charge in [-0.2, -0.15) is 0 Å². The van der Waals surface area contributed by atoms with Gasteiger partial charge in [0.15, 0.2) is 0 Å². The zero-order valence-corrected chi connectivity index (χ0v) is 15.0. The quantitative estimate of drug-likeness (QED) is 0.764. The van der Waals surface area contributed by atoms with E-state index in [1.807, 2.05) is 0 Å². The van der Waals surface area contributed by atoms with E-state index in [-0.39, 0.29) is 12.3 Å². The second-order valence-corrected chi connectivity index (χ2v) is 6.26. The predicted octanol–water partition coefficient (Wildman–Crippen LogP) is 1.20. The van der Waals surface area contributed by atoms with E-state index in [0.717, 1.165) is 10.3 Å². The minimum atomic E-state index is -0.434. The van der Waals surface area contributed by atoms with E-state index in [2.05, 4.69) is 5.32 Å². The lowest BCUT2D eigenvalue weighted by atomic mass is 10.1. The summed E-state index contributed by atoms with van der Waals surface area (Å²) in [7, 11) is 4.75. The van der Waals surface area contributed by atoms with E-state index in [4.69, 9.17) is 0 Å². The zero-order chi connectivity index (χ0) is 19.2. The van der Waals surface area contributed by atoms with Gasteiger partial charge in [0.25, 0.3) is 5.56 Å². The number of halogens is 1. The lowest BCUT2D eigenvalue weighted by molar-refractivity contribution is -0.115. The Kier molecular flexibility index (Phi) is 4.27. The van der Waals surface area contributed by atoms with Crippen molar-refractivity contribution in [3.05, 3.63) is 62.2 Å². The molecule has 1 N–H and O–H groups in total.